The Labute approximate surface area is 93.5 Å². The van der Waals surface area contributed by atoms with Crippen molar-refractivity contribution in [2.75, 3.05) is 0 Å². The summed E-state index contributed by atoms with van der Waals surface area (Å²) in [4.78, 5) is 10.9. The Morgan fingerprint density at radius 2 is 2.00 bits per heavy atom. The van der Waals surface area contributed by atoms with Gasteiger partial charge in [0.15, 0.2) is 0 Å². The molecule has 0 aliphatic heterocycles. The molecule has 0 atom stereocenters. The zero-order chi connectivity index (χ0) is 11.5. The minimum absolute atomic E-state index is 0.350. The van der Waals surface area contributed by atoms with Crippen LogP contribution in [0.1, 0.15) is 12.6 Å². The molecule has 0 aliphatic rings. The lowest BCUT2D eigenvalue weighted by Gasteiger charge is -2.05. The molecule has 0 aliphatic carbocycles. The number of esters is 1. The summed E-state index contributed by atoms with van der Waals surface area (Å²) in [6.45, 7) is 3.23. The number of carbonyl (C=O) groups excluding carboxylic acids is 1. The molecule has 1 aromatic carbocycles. The molecular weight excluding hydrogens is 204 g/mol. The largest absolute Gasteiger partial charge is 0.408 e. The first-order valence-electron chi connectivity index (χ1n) is 4.97. The number of nitrogens with zero attached hydrogens (tertiary/aromatic N) is 2. The molecule has 0 N–H and O–H groups in total. The second kappa shape index (κ2) is 4.18. The second-order valence-corrected chi connectivity index (χ2v) is 3.46. The van der Waals surface area contributed by atoms with E-state index in [0.29, 0.717) is 5.88 Å². The Kier molecular flexibility index (Phi) is 2.72. The van der Waals surface area contributed by atoms with E-state index in [1.807, 2.05) is 37.3 Å². The van der Waals surface area contributed by atoms with Gasteiger partial charge < -0.3 is 4.74 Å². The zero-order valence-electron chi connectivity index (χ0n) is 9.18. The SMILES string of the molecule is CC(=O)Oc1cc(C)nn1-c1ccccc1. The summed E-state index contributed by atoms with van der Waals surface area (Å²) in [7, 11) is 0. The highest BCUT2D eigenvalue weighted by atomic mass is 16.5. The van der Waals surface area contributed by atoms with Crippen LogP contribution >= 0.6 is 0 Å². The van der Waals surface area contributed by atoms with Crippen molar-refractivity contribution in [2.45, 2.75) is 13.8 Å². The molecule has 0 amide bonds. The first-order chi connectivity index (χ1) is 7.66. The molecule has 0 radical (unpaired) electrons. The molecule has 4 nitrogen and oxygen atoms in total. The van der Waals surface area contributed by atoms with Gasteiger partial charge in [-0.05, 0) is 19.1 Å². The molecule has 16 heavy (non-hydrogen) atoms. The molecular formula is C12H12N2O2. The number of aromatic nitrogens is 2. The summed E-state index contributed by atoms with van der Waals surface area (Å²) in [6.07, 6.45) is 0. The van der Waals surface area contributed by atoms with E-state index in [4.69, 9.17) is 4.74 Å². The van der Waals surface area contributed by atoms with Crippen molar-refractivity contribution in [1.29, 1.82) is 0 Å². The predicted octanol–water partition coefficient (Wildman–Crippen LogP) is 2.11. The first-order valence-corrected chi connectivity index (χ1v) is 4.97. The molecule has 1 aromatic heterocycles. The van der Waals surface area contributed by atoms with Crippen LogP contribution in [-0.4, -0.2) is 15.7 Å². The number of hydrogen-bond acceptors (Lipinski definition) is 3. The van der Waals surface area contributed by atoms with Crippen molar-refractivity contribution in [3.63, 3.8) is 0 Å². The quantitative estimate of drug-likeness (QED) is 0.722. The minimum Gasteiger partial charge on any atom is -0.408 e. The van der Waals surface area contributed by atoms with Gasteiger partial charge in [-0.25, -0.2) is 4.68 Å². The van der Waals surface area contributed by atoms with Crippen LogP contribution in [0.25, 0.3) is 5.69 Å². The van der Waals surface area contributed by atoms with E-state index in [1.54, 1.807) is 10.7 Å². The van der Waals surface area contributed by atoms with Crippen LogP contribution in [-0.2, 0) is 4.79 Å². The van der Waals surface area contributed by atoms with Crippen LogP contribution in [0.5, 0.6) is 5.88 Å². The van der Waals surface area contributed by atoms with Crippen LogP contribution < -0.4 is 4.74 Å². The highest BCUT2D eigenvalue weighted by molar-refractivity contribution is 5.69. The second-order valence-electron chi connectivity index (χ2n) is 3.46. The average Bonchev–Trinajstić information content (AvgIpc) is 2.60. The molecule has 0 bridgehead atoms. The fourth-order valence-electron chi connectivity index (χ4n) is 1.45. The van der Waals surface area contributed by atoms with Crippen LogP contribution in [0.4, 0.5) is 0 Å². The Morgan fingerprint density at radius 1 is 1.31 bits per heavy atom. The molecule has 0 unspecified atom stereocenters. The van der Waals surface area contributed by atoms with Gasteiger partial charge in [-0.1, -0.05) is 18.2 Å². The maximum Gasteiger partial charge on any atom is 0.309 e. The third kappa shape index (κ3) is 2.11. The summed E-state index contributed by atoms with van der Waals surface area (Å²) in [5.74, 6) is 0.0910. The fraction of sp³-hybridized carbons (Fsp3) is 0.167. The highest BCUT2D eigenvalue weighted by Gasteiger charge is 2.09. The summed E-state index contributed by atoms with van der Waals surface area (Å²) < 4.78 is 6.69. The van der Waals surface area contributed by atoms with Gasteiger partial charge in [-0.2, -0.15) is 5.10 Å². The van der Waals surface area contributed by atoms with Gasteiger partial charge >= 0.3 is 5.97 Å². The predicted molar refractivity (Wildman–Crippen MR) is 59.6 cm³/mol. The van der Waals surface area contributed by atoms with Crippen LogP contribution in [0, 0.1) is 6.92 Å². The third-order valence-corrected chi connectivity index (χ3v) is 2.05. The van der Waals surface area contributed by atoms with Crippen molar-refractivity contribution < 1.29 is 9.53 Å². The molecule has 1 heterocycles. The van der Waals surface area contributed by atoms with Gasteiger partial charge in [0.2, 0.25) is 5.88 Å². The number of rotatable bonds is 2. The van der Waals surface area contributed by atoms with E-state index in [9.17, 15) is 4.79 Å². The lowest BCUT2D eigenvalue weighted by Crippen LogP contribution is -2.07. The number of hydrogen-bond donors (Lipinski definition) is 0. The first kappa shape index (κ1) is 10.4. The number of ether oxygens (including phenoxy) is 1. The summed E-state index contributed by atoms with van der Waals surface area (Å²) >= 11 is 0. The van der Waals surface area contributed by atoms with Gasteiger partial charge in [0.05, 0.1) is 11.4 Å². The summed E-state index contributed by atoms with van der Waals surface area (Å²) in [5, 5.41) is 4.27. The van der Waals surface area contributed by atoms with Crippen molar-refractivity contribution in [3.05, 3.63) is 42.1 Å². The maximum atomic E-state index is 10.9. The third-order valence-electron chi connectivity index (χ3n) is 2.05. The Bertz CT molecular complexity index is 503. The lowest BCUT2D eigenvalue weighted by atomic mass is 10.3. The van der Waals surface area contributed by atoms with Crippen molar-refractivity contribution >= 4 is 5.97 Å². The Morgan fingerprint density at radius 3 is 2.62 bits per heavy atom. The van der Waals surface area contributed by atoms with Crippen molar-refractivity contribution in [2.24, 2.45) is 0 Å². The monoisotopic (exact) mass is 216 g/mol. The highest BCUT2D eigenvalue weighted by Crippen LogP contribution is 2.18. The van der Waals surface area contributed by atoms with Gasteiger partial charge in [-0.3, -0.25) is 4.79 Å². The molecule has 4 heteroatoms. The van der Waals surface area contributed by atoms with E-state index < -0.39 is 0 Å². The molecule has 0 fully saturated rings. The smallest absolute Gasteiger partial charge is 0.309 e. The number of benzene rings is 1. The Balaban J connectivity index is 2.44. The molecule has 0 saturated carbocycles. The van der Waals surface area contributed by atoms with Gasteiger partial charge in [-0.15, -0.1) is 0 Å². The summed E-state index contributed by atoms with van der Waals surface area (Å²) in [5.41, 5.74) is 1.67. The zero-order valence-corrected chi connectivity index (χ0v) is 9.18. The molecule has 0 spiro atoms. The van der Waals surface area contributed by atoms with Gasteiger partial charge in [0.1, 0.15) is 0 Å². The normalized spacial score (nSPS) is 10.1. The van der Waals surface area contributed by atoms with Crippen molar-refractivity contribution in [1.82, 2.24) is 9.78 Å². The van der Waals surface area contributed by atoms with Crippen LogP contribution in [0.15, 0.2) is 36.4 Å². The number of aryl methyl sites for hydroxylation is 1. The summed E-state index contributed by atoms with van der Waals surface area (Å²) in [6, 6.07) is 11.3. The van der Waals surface area contributed by atoms with E-state index in [0.717, 1.165) is 11.4 Å². The van der Waals surface area contributed by atoms with Crippen LogP contribution in [0.2, 0.25) is 0 Å². The molecule has 0 saturated heterocycles. The number of para-hydroxylation sites is 1. The van der Waals surface area contributed by atoms with Gasteiger partial charge in [0.25, 0.3) is 0 Å². The van der Waals surface area contributed by atoms with Crippen molar-refractivity contribution in [3.8, 4) is 11.6 Å². The molecule has 82 valence electrons. The van der Waals surface area contributed by atoms with Gasteiger partial charge in [0, 0.05) is 13.0 Å². The van der Waals surface area contributed by atoms with E-state index in [1.165, 1.54) is 6.92 Å². The van der Waals surface area contributed by atoms with E-state index in [-0.39, 0.29) is 5.97 Å². The molecule has 2 aromatic rings. The fourth-order valence-corrected chi connectivity index (χ4v) is 1.45. The van der Waals surface area contributed by atoms with E-state index in [2.05, 4.69) is 5.10 Å². The average molecular weight is 216 g/mol. The minimum atomic E-state index is -0.350. The van der Waals surface area contributed by atoms with Crippen LogP contribution in [0.3, 0.4) is 0 Å². The topological polar surface area (TPSA) is 44.1 Å². The standard InChI is InChI=1S/C12H12N2O2/c1-9-8-12(16-10(2)15)14(13-9)11-6-4-3-5-7-11/h3-8H,1-2H3. The lowest BCUT2D eigenvalue weighted by molar-refractivity contribution is -0.132. The number of carbonyl (C=O) groups is 1. The Hall–Kier alpha value is -2.10. The maximum absolute atomic E-state index is 10.9. The van der Waals surface area contributed by atoms with E-state index >= 15 is 0 Å². The molecule has 2 rings (SSSR count).